The van der Waals surface area contributed by atoms with Gasteiger partial charge in [0.2, 0.25) is 0 Å². The molecule has 236 valence electrons. The lowest BCUT2D eigenvalue weighted by molar-refractivity contribution is 0.0804. The van der Waals surface area contributed by atoms with E-state index in [1.165, 1.54) is 16.8 Å². The quantitative estimate of drug-likeness (QED) is 0.239. The highest BCUT2D eigenvalue weighted by Gasteiger charge is 2.60. The van der Waals surface area contributed by atoms with E-state index in [4.69, 9.17) is 0 Å². The van der Waals surface area contributed by atoms with Crippen molar-refractivity contribution in [2.24, 2.45) is 5.92 Å². The highest BCUT2D eigenvalue weighted by atomic mass is 32.1. The third-order valence-electron chi connectivity index (χ3n) is 9.87. The zero-order chi connectivity index (χ0) is 29.3. The van der Waals surface area contributed by atoms with Gasteiger partial charge in [0.05, 0.1) is 17.1 Å². The van der Waals surface area contributed by atoms with Gasteiger partial charge in [-0.1, -0.05) is 69.5 Å². The first-order valence-corrected chi connectivity index (χ1v) is 16.2. The van der Waals surface area contributed by atoms with E-state index < -0.39 is 0 Å². The molecule has 1 saturated heterocycles. The molecule has 8 heteroatoms. The Bertz CT molecular complexity index is 1890. The number of carbonyl (C=O) groups excluding carboxylic acids is 1. The zero-order valence-electron chi connectivity index (χ0n) is 24.3. The summed E-state index contributed by atoms with van der Waals surface area (Å²) in [6.45, 7) is 4.68. The molecule has 2 atom stereocenters. The number of allylic oxidation sites excluding steroid dienone is 1. The molecular formula is C38H42N6OS. The van der Waals surface area contributed by atoms with Gasteiger partial charge in [0.1, 0.15) is 6.33 Å². The molecule has 5 aliphatic rings. The van der Waals surface area contributed by atoms with Crippen LogP contribution in [0, 0.1) is 5.92 Å². The zero-order valence-corrected chi connectivity index (χ0v) is 25.1. The molecule has 2 unspecified atom stereocenters. The normalized spacial score (nSPS) is 22.7. The second-order valence-electron chi connectivity index (χ2n) is 12.3. The first-order valence-electron chi connectivity index (χ1n) is 15.4. The molecule has 2 fully saturated rings. The van der Waals surface area contributed by atoms with Crippen LogP contribution in [0.15, 0.2) is 103 Å². The maximum absolute atomic E-state index is 14.7. The van der Waals surface area contributed by atoms with E-state index in [-0.39, 0.29) is 27.7 Å². The second kappa shape index (κ2) is 11.8. The second-order valence-corrected chi connectivity index (χ2v) is 13.4. The minimum atomic E-state index is 0. The van der Waals surface area contributed by atoms with Crippen molar-refractivity contribution in [1.82, 2.24) is 30.4 Å². The Morgan fingerprint density at radius 2 is 1.72 bits per heavy atom. The van der Waals surface area contributed by atoms with Crippen LogP contribution < -0.4 is 10.6 Å². The van der Waals surface area contributed by atoms with E-state index in [2.05, 4.69) is 91.1 Å². The van der Waals surface area contributed by atoms with Crippen LogP contribution in [-0.2, 0) is 13.0 Å². The molecule has 2 aromatic carbocycles. The fourth-order valence-corrected chi connectivity index (χ4v) is 8.58. The van der Waals surface area contributed by atoms with Crippen molar-refractivity contribution >= 4 is 22.9 Å². The molecular weight excluding hydrogens is 589 g/mol. The van der Waals surface area contributed by atoms with Gasteiger partial charge in [-0.25, -0.2) is 9.97 Å². The van der Waals surface area contributed by atoms with Crippen molar-refractivity contribution in [2.45, 2.75) is 39.8 Å². The van der Waals surface area contributed by atoms with Crippen LogP contribution in [-0.4, -0.2) is 57.4 Å². The lowest BCUT2D eigenvalue weighted by Gasteiger charge is -2.37. The Morgan fingerprint density at radius 3 is 2.48 bits per heavy atom. The van der Waals surface area contributed by atoms with E-state index in [9.17, 15) is 4.79 Å². The first kappa shape index (κ1) is 30.3. The molecule has 5 heterocycles. The molecule has 46 heavy (non-hydrogen) atoms. The largest absolute Gasteiger partial charge is 0.358 e. The van der Waals surface area contributed by atoms with Crippen LogP contribution in [0.5, 0.6) is 0 Å². The number of carbonyl (C=O) groups is 1. The lowest BCUT2D eigenvalue weighted by atomic mass is 9.91. The average molecular weight is 631 g/mol. The Hall–Kier alpha value is -4.37. The first-order chi connectivity index (χ1) is 21.7. The molecule has 0 radical (unpaired) electrons. The monoisotopic (exact) mass is 630 g/mol. The summed E-state index contributed by atoms with van der Waals surface area (Å²) in [5.41, 5.74) is 10.4. The number of thiophene rings is 1. The maximum atomic E-state index is 14.7. The Kier molecular flexibility index (Phi) is 7.75. The summed E-state index contributed by atoms with van der Waals surface area (Å²) in [5.74, 6) is 0.519. The number of rotatable bonds is 6. The van der Waals surface area contributed by atoms with Gasteiger partial charge in [0, 0.05) is 73.8 Å². The third kappa shape index (κ3) is 5.01. The molecule has 2 aliphatic carbocycles. The average Bonchev–Trinajstić information content (AvgIpc) is 4.01. The van der Waals surface area contributed by atoms with Crippen molar-refractivity contribution in [3.63, 3.8) is 0 Å². The lowest BCUT2D eigenvalue weighted by Crippen LogP contribution is -2.50. The van der Waals surface area contributed by atoms with Crippen LogP contribution in [0.3, 0.4) is 0 Å². The smallest absolute Gasteiger partial charge is 0.268 e. The topological polar surface area (TPSA) is 83.3 Å². The molecule has 0 bridgehead atoms. The minimum Gasteiger partial charge on any atom is -0.358 e. The van der Waals surface area contributed by atoms with Crippen LogP contribution >= 0.6 is 11.3 Å². The molecule has 3 aliphatic heterocycles. The molecule has 1 saturated carbocycles. The minimum absolute atomic E-state index is 0. The van der Waals surface area contributed by atoms with Gasteiger partial charge >= 0.3 is 0 Å². The van der Waals surface area contributed by atoms with E-state index in [1.54, 1.807) is 17.7 Å². The van der Waals surface area contributed by atoms with Crippen LogP contribution in [0.4, 0.5) is 0 Å². The van der Waals surface area contributed by atoms with E-state index in [0.29, 0.717) is 12.5 Å². The number of nitrogens with zero attached hydrogens (tertiary/aromatic N) is 4. The molecule has 0 spiro atoms. The highest BCUT2D eigenvalue weighted by molar-refractivity contribution is 7.17. The van der Waals surface area contributed by atoms with E-state index in [0.717, 1.165) is 82.3 Å². The molecule has 1 amide bonds. The Balaban J connectivity index is 0.00000129. The molecule has 9 rings (SSSR count). The van der Waals surface area contributed by atoms with Gasteiger partial charge < -0.3 is 15.5 Å². The summed E-state index contributed by atoms with van der Waals surface area (Å²) in [6, 6.07) is 19.3. The third-order valence-corrected chi connectivity index (χ3v) is 11.1. The number of fused-ring (bicyclic) bond motifs is 3. The van der Waals surface area contributed by atoms with Crippen LogP contribution in [0.25, 0.3) is 27.3 Å². The predicted octanol–water partition coefficient (Wildman–Crippen LogP) is 6.98. The Labute approximate surface area is 276 Å². The fourth-order valence-electron chi connectivity index (χ4n) is 7.44. The maximum Gasteiger partial charge on any atom is 0.268 e. The van der Waals surface area contributed by atoms with Crippen molar-refractivity contribution in [3.05, 3.63) is 125 Å². The van der Waals surface area contributed by atoms with Gasteiger partial charge in [0.15, 0.2) is 0 Å². The van der Waals surface area contributed by atoms with E-state index >= 15 is 0 Å². The van der Waals surface area contributed by atoms with Gasteiger partial charge in [-0.15, -0.1) is 11.3 Å². The van der Waals surface area contributed by atoms with Crippen molar-refractivity contribution in [1.29, 1.82) is 0 Å². The summed E-state index contributed by atoms with van der Waals surface area (Å²) < 4.78 is 0. The number of hydrogen-bond acceptors (Lipinski definition) is 7. The number of benzene rings is 2. The van der Waals surface area contributed by atoms with Gasteiger partial charge in [-0.05, 0) is 58.4 Å². The van der Waals surface area contributed by atoms with Gasteiger partial charge in [-0.2, -0.15) is 0 Å². The summed E-state index contributed by atoms with van der Waals surface area (Å²) in [7, 11) is 0. The summed E-state index contributed by atoms with van der Waals surface area (Å²) in [6.07, 6.45) is 13.9. The SMILES string of the molecule is C.C.O=C1c2sc(-c3ccc(C4=CN4)cc3)cc2CC2=C(C=CC3(N4CCNCC4)CC23)N1Cc1ccccc1-c1cncnc1.[HH]. The van der Waals surface area contributed by atoms with E-state index in [1.807, 2.05) is 24.7 Å². The van der Waals surface area contributed by atoms with Crippen molar-refractivity contribution in [3.8, 4) is 21.6 Å². The summed E-state index contributed by atoms with van der Waals surface area (Å²) in [5, 5.41) is 6.70. The summed E-state index contributed by atoms with van der Waals surface area (Å²) in [4.78, 5) is 29.9. The number of amides is 1. The van der Waals surface area contributed by atoms with Crippen LogP contribution in [0.1, 0.15) is 49.1 Å². The Morgan fingerprint density at radius 1 is 0.978 bits per heavy atom. The standard InChI is InChI=1S/C36H32N6OS.2CH4.H2/c43-35-34-26(16-33(44-34)24-7-5-23(6-8-24)31-20-40-31)15-29-30-17-36(30,41-13-11-37-12-14-41)10-9-32(29)42(35)21-25-3-1-2-4-28(25)27-18-38-22-39-19-27;;;/h1-10,16,18-20,22,30,37,40H,11-15,17,21H2;2*1H4;1H. The number of nitrogens with one attached hydrogen (secondary N) is 2. The van der Waals surface area contributed by atoms with Gasteiger partial charge in [0.25, 0.3) is 5.91 Å². The van der Waals surface area contributed by atoms with Gasteiger partial charge in [-0.3, -0.25) is 9.69 Å². The van der Waals surface area contributed by atoms with Crippen LogP contribution in [0.2, 0.25) is 0 Å². The number of aromatic nitrogens is 2. The molecule has 2 aromatic heterocycles. The number of piperazine rings is 1. The fraction of sp³-hybridized carbons (Fsp3) is 0.289. The summed E-state index contributed by atoms with van der Waals surface area (Å²) >= 11 is 1.63. The molecule has 2 N–H and O–H groups in total. The molecule has 4 aromatic rings. The van der Waals surface area contributed by atoms with Crippen molar-refractivity contribution in [2.75, 3.05) is 26.2 Å². The predicted molar refractivity (Wildman–Crippen MR) is 189 cm³/mol. The molecule has 7 nitrogen and oxygen atoms in total. The number of hydrogen-bond donors (Lipinski definition) is 2. The highest BCUT2D eigenvalue weighted by Crippen LogP contribution is 2.59. The van der Waals surface area contributed by atoms with Crippen molar-refractivity contribution < 1.29 is 6.22 Å².